The minimum atomic E-state index is -3.45. The van der Waals surface area contributed by atoms with Crippen molar-refractivity contribution in [1.82, 2.24) is 20.3 Å². The zero-order chi connectivity index (χ0) is 17.6. The van der Waals surface area contributed by atoms with E-state index >= 15 is 0 Å². The Bertz CT molecular complexity index is 777. The molecular formula is C16H20N4O3S. The molecule has 1 aromatic heterocycles. The quantitative estimate of drug-likeness (QED) is 0.737. The van der Waals surface area contributed by atoms with Crippen molar-refractivity contribution in [3.8, 4) is 0 Å². The number of nitrogens with zero attached hydrogens (tertiary/aromatic N) is 1. The third-order valence-electron chi connectivity index (χ3n) is 3.51. The zero-order valence-corrected chi connectivity index (χ0v) is 14.3. The molecule has 1 unspecified atom stereocenters. The van der Waals surface area contributed by atoms with Gasteiger partial charge in [-0.25, -0.2) is 17.9 Å². The largest absolute Gasteiger partial charge is 0.334 e. The smallest absolute Gasteiger partial charge is 0.315 e. The Labute approximate surface area is 141 Å². The predicted octanol–water partition coefficient (Wildman–Crippen LogP) is 1.55. The van der Waals surface area contributed by atoms with Crippen LogP contribution in [0.3, 0.4) is 0 Å². The monoisotopic (exact) mass is 348 g/mol. The normalized spacial score (nSPS) is 12.4. The van der Waals surface area contributed by atoms with Gasteiger partial charge in [-0.05, 0) is 49.4 Å². The van der Waals surface area contributed by atoms with Gasteiger partial charge in [0.1, 0.15) is 0 Å². The summed E-state index contributed by atoms with van der Waals surface area (Å²) in [5, 5.41) is 5.57. The van der Waals surface area contributed by atoms with E-state index in [9.17, 15) is 13.2 Å². The van der Waals surface area contributed by atoms with E-state index in [2.05, 4.69) is 20.3 Å². The van der Waals surface area contributed by atoms with Crippen LogP contribution >= 0.6 is 0 Å². The molecule has 0 radical (unpaired) electrons. The lowest BCUT2D eigenvalue weighted by molar-refractivity contribution is 0.237. The third-order valence-corrected chi connectivity index (χ3v) is 4.94. The lowest BCUT2D eigenvalue weighted by Gasteiger charge is -2.15. The summed E-state index contributed by atoms with van der Waals surface area (Å²) in [5.74, 6) is 0. The molecule has 8 heteroatoms. The van der Waals surface area contributed by atoms with Gasteiger partial charge in [0.25, 0.3) is 0 Å². The minimum absolute atomic E-state index is 0.142. The maximum absolute atomic E-state index is 11.9. The Kier molecular flexibility index (Phi) is 5.88. The maximum atomic E-state index is 11.9. The number of nitrogens with one attached hydrogen (secondary N) is 3. The van der Waals surface area contributed by atoms with Crippen molar-refractivity contribution in [3.05, 3.63) is 59.9 Å². The Balaban J connectivity index is 1.88. The van der Waals surface area contributed by atoms with Crippen LogP contribution in [0.5, 0.6) is 0 Å². The molecule has 1 atom stereocenters. The maximum Gasteiger partial charge on any atom is 0.315 e. The Hall–Kier alpha value is -2.45. The minimum Gasteiger partial charge on any atom is -0.334 e. The van der Waals surface area contributed by atoms with Gasteiger partial charge in [0.05, 0.1) is 10.9 Å². The fourth-order valence-electron chi connectivity index (χ4n) is 2.07. The Morgan fingerprint density at radius 1 is 1.12 bits per heavy atom. The summed E-state index contributed by atoms with van der Waals surface area (Å²) < 4.78 is 25.5. The van der Waals surface area contributed by atoms with E-state index in [-0.39, 0.29) is 17.0 Å². The summed E-state index contributed by atoms with van der Waals surface area (Å²) in [6.45, 7) is 2.18. The van der Waals surface area contributed by atoms with E-state index in [1.165, 1.54) is 19.2 Å². The molecule has 0 spiro atoms. The number of rotatable bonds is 6. The predicted molar refractivity (Wildman–Crippen MR) is 90.7 cm³/mol. The average Bonchev–Trinajstić information content (AvgIpc) is 2.61. The molecule has 24 heavy (non-hydrogen) atoms. The Morgan fingerprint density at radius 3 is 2.33 bits per heavy atom. The van der Waals surface area contributed by atoms with Crippen molar-refractivity contribution >= 4 is 16.1 Å². The van der Waals surface area contributed by atoms with Gasteiger partial charge in [-0.2, -0.15) is 0 Å². The average molecular weight is 348 g/mol. The van der Waals surface area contributed by atoms with Crippen molar-refractivity contribution in [2.24, 2.45) is 0 Å². The number of urea groups is 1. The summed E-state index contributed by atoms with van der Waals surface area (Å²) in [6.07, 6.45) is 3.35. The first-order chi connectivity index (χ1) is 11.4. The van der Waals surface area contributed by atoms with Crippen molar-refractivity contribution in [2.75, 3.05) is 7.05 Å². The first-order valence-corrected chi connectivity index (χ1v) is 8.87. The van der Waals surface area contributed by atoms with Gasteiger partial charge in [0.2, 0.25) is 10.0 Å². The van der Waals surface area contributed by atoms with Crippen LogP contribution in [0, 0.1) is 0 Å². The molecular weight excluding hydrogens is 328 g/mol. The fourth-order valence-corrected chi connectivity index (χ4v) is 2.80. The lowest BCUT2D eigenvalue weighted by Crippen LogP contribution is -2.36. The van der Waals surface area contributed by atoms with E-state index in [1.54, 1.807) is 24.5 Å². The molecule has 2 amide bonds. The lowest BCUT2D eigenvalue weighted by atomic mass is 10.1. The molecule has 0 aliphatic carbocycles. The molecule has 0 aliphatic rings. The zero-order valence-electron chi connectivity index (χ0n) is 13.5. The second-order valence-electron chi connectivity index (χ2n) is 5.18. The van der Waals surface area contributed by atoms with Gasteiger partial charge in [-0.3, -0.25) is 4.98 Å². The van der Waals surface area contributed by atoms with Crippen LogP contribution in [-0.4, -0.2) is 26.5 Å². The highest BCUT2D eigenvalue weighted by molar-refractivity contribution is 7.89. The molecule has 3 N–H and O–H groups in total. The number of aromatic nitrogens is 1. The molecule has 1 aromatic carbocycles. The highest BCUT2D eigenvalue weighted by atomic mass is 32.2. The van der Waals surface area contributed by atoms with Crippen LogP contribution in [0.1, 0.15) is 24.1 Å². The van der Waals surface area contributed by atoms with Gasteiger partial charge in [0.15, 0.2) is 0 Å². The number of amides is 2. The van der Waals surface area contributed by atoms with Gasteiger partial charge in [-0.1, -0.05) is 12.1 Å². The number of pyridine rings is 1. The molecule has 0 aliphatic heterocycles. The van der Waals surface area contributed by atoms with Crippen LogP contribution in [-0.2, 0) is 16.6 Å². The molecule has 1 heterocycles. The van der Waals surface area contributed by atoms with Gasteiger partial charge in [-0.15, -0.1) is 0 Å². The van der Waals surface area contributed by atoms with Crippen molar-refractivity contribution in [1.29, 1.82) is 0 Å². The second kappa shape index (κ2) is 7.89. The summed E-state index contributed by atoms with van der Waals surface area (Å²) >= 11 is 0. The van der Waals surface area contributed by atoms with Crippen LogP contribution < -0.4 is 15.4 Å². The van der Waals surface area contributed by atoms with E-state index < -0.39 is 10.0 Å². The fraction of sp³-hybridized carbons (Fsp3) is 0.250. The van der Waals surface area contributed by atoms with Crippen molar-refractivity contribution in [3.63, 3.8) is 0 Å². The van der Waals surface area contributed by atoms with Crippen LogP contribution in [0.25, 0.3) is 0 Å². The number of benzene rings is 1. The van der Waals surface area contributed by atoms with Crippen LogP contribution in [0.2, 0.25) is 0 Å². The van der Waals surface area contributed by atoms with Gasteiger partial charge < -0.3 is 10.6 Å². The number of carbonyl (C=O) groups is 1. The molecule has 2 rings (SSSR count). The molecule has 2 aromatic rings. The topological polar surface area (TPSA) is 100 Å². The molecule has 128 valence electrons. The van der Waals surface area contributed by atoms with E-state index in [4.69, 9.17) is 0 Å². The van der Waals surface area contributed by atoms with Crippen molar-refractivity contribution < 1.29 is 13.2 Å². The first-order valence-electron chi connectivity index (χ1n) is 7.39. The number of hydrogen-bond donors (Lipinski definition) is 3. The molecule has 0 saturated carbocycles. The molecule has 0 fully saturated rings. The summed E-state index contributed by atoms with van der Waals surface area (Å²) in [7, 11) is -2.09. The summed E-state index contributed by atoms with van der Waals surface area (Å²) in [4.78, 5) is 16.1. The second-order valence-corrected chi connectivity index (χ2v) is 7.07. The standard InChI is InChI=1S/C16H20N4O3S/c1-12(14-7-9-18-10-8-14)20-16(21)19-11-13-3-5-15(6-4-13)24(22,23)17-2/h3-10,12,17H,11H2,1-2H3,(H2,19,20,21). The van der Waals surface area contributed by atoms with E-state index in [0.29, 0.717) is 6.54 Å². The molecule has 0 saturated heterocycles. The molecule has 7 nitrogen and oxygen atoms in total. The number of hydrogen-bond acceptors (Lipinski definition) is 4. The van der Waals surface area contributed by atoms with E-state index in [1.807, 2.05) is 19.1 Å². The van der Waals surface area contributed by atoms with Crippen LogP contribution in [0.15, 0.2) is 53.7 Å². The SMILES string of the molecule is CNS(=O)(=O)c1ccc(CNC(=O)NC(C)c2ccncc2)cc1. The highest BCUT2D eigenvalue weighted by Crippen LogP contribution is 2.11. The highest BCUT2D eigenvalue weighted by Gasteiger charge is 2.11. The van der Waals surface area contributed by atoms with E-state index in [0.717, 1.165) is 11.1 Å². The number of carbonyl (C=O) groups excluding carboxylic acids is 1. The first kappa shape index (κ1) is 17.9. The third kappa shape index (κ3) is 4.77. The van der Waals surface area contributed by atoms with Crippen molar-refractivity contribution in [2.45, 2.75) is 24.4 Å². The summed E-state index contributed by atoms with van der Waals surface area (Å²) in [5.41, 5.74) is 1.76. The summed E-state index contributed by atoms with van der Waals surface area (Å²) in [6, 6.07) is 9.56. The number of sulfonamides is 1. The van der Waals surface area contributed by atoms with Crippen LogP contribution in [0.4, 0.5) is 4.79 Å². The van der Waals surface area contributed by atoms with Gasteiger partial charge >= 0.3 is 6.03 Å². The van der Waals surface area contributed by atoms with Gasteiger partial charge in [0, 0.05) is 18.9 Å². The molecule has 0 bridgehead atoms. The Morgan fingerprint density at radius 2 is 1.75 bits per heavy atom.